The number of hydrogen-bond donors (Lipinski definition) is 2. The molecule has 0 saturated carbocycles. The molecule has 0 radical (unpaired) electrons. The molecule has 9 heteroatoms. The lowest BCUT2D eigenvalue weighted by Gasteiger charge is -2.23. The van der Waals surface area contributed by atoms with Crippen LogP contribution in [0.25, 0.3) is 0 Å². The molecule has 0 spiro atoms. The van der Waals surface area contributed by atoms with Gasteiger partial charge in [0.25, 0.3) is 5.91 Å². The Balaban J connectivity index is 1.80. The SMILES string of the molecule is CC1(c2ccccc2Br)NC(=O)N(CC(=O)Nc2c(Cl)cccc2Cl)C1=O. The summed E-state index contributed by atoms with van der Waals surface area (Å²) in [4.78, 5) is 38.5. The summed E-state index contributed by atoms with van der Waals surface area (Å²) < 4.78 is 0.676. The van der Waals surface area contributed by atoms with E-state index in [1.165, 1.54) is 0 Å². The molecule has 2 N–H and O–H groups in total. The van der Waals surface area contributed by atoms with Crippen molar-refractivity contribution in [1.82, 2.24) is 10.2 Å². The van der Waals surface area contributed by atoms with Gasteiger partial charge < -0.3 is 10.6 Å². The van der Waals surface area contributed by atoms with Crippen LogP contribution in [0.2, 0.25) is 10.0 Å². The van der Waals surface area contributed by atoms with Crippen molar-refractivity contribution in [3.63, 3.8) is 0 Å². The van der Waals surface area contributed by atoms with Crippen molar-refractivity contribution in [2.24, 2.45) is 0 Å². The number of carbonyl (C=O) groups is 3. The van der Waals surface area contributed by atoms with Crippen LogP contribution in [-0.4, -0.2) is 29.3 Å². The van der Waals surface area contributed by atoms with Gasteiger partial charge in [-0.15, -0.1) is 0 Å². The third-order valence-corrected chi connectivity index (χ3v) is 5.54. The molecule has 6 nitrogen and oxygen atoms in total. The summed E-state index contributed by atoms with van der Waals surface area (Å²) >= 11 is 15.4. The van der Waals surface area contributed by atoms with Gasteiger partial charge >= 0.3 is 6.03 Å². The first-order valence-corrected chi connectivity index (χ1v) is 9.42. The largest absolute Gasteiger partial charge is 0.325 e. The van der Waals surface area contributed by atoms with E-state index in [1.807, 2.05) is 0 Å². The summed E-state index contributed by atoms with van der Waals surface area (Å²) in [5.41, 5.74) is -0.452. The van der Waals surface area contributed by atoms with Gasteiger partial charge in [0.2, 0.25) is 5.91 Å². The first-order chi connectivity index (χ1) is 12.7. The first kappa shape index (κ1) is 19.7. The predicted molar refractivity (Wildman–Crippen MR) is 107 cm³/mol. The number of para-hydroxylation sites is 1. The van der Waals surface area contributed by atoms with E-state index in [0.717, 1.165) is 4.90 Å². The second-order valence-electron chi connectivity index (χ2n) is 6.07. The predicted octanol–water partition coefficient (Wildman–Crippen LogP) is 4.16. The minimum Gasteiger partial charge on any atom is -0.322 e. The summed E-state index contributed by atoms with van der Waals surface area (Å²) in [5.74, 6) is -1.12. The van der Waals surface area contributed by atoms with E-state index < -0.39 is 29.9 Å². The molecule has 0 aliphatic carbocycles. The Morgan fingerprint density at radius 3 is 2.41 bits per heavy atom. The van der Waals surface area contributed by atoms with Crippen molar-refractivity contribution < 1.29 is 14.4 Å². The van der Waals surface area contributed by atoms with Crippen LogP contribution < -0.4 is 10.6 Å². The molecule has 27 heavy (non-hydrogen) atoms. The van der Waals surface area contributed by atoms with E-state index >= 15 is 0 Å². The molecule has 1 saturated heterocycles. The van der Waals surface area contributed by atoms with Gasteiger partial charge in [-0.25, -0.2) is 4.79 Å². The molecule has 1 atom stereocenters. The maximum absolute atomic E-state index is 12.9. The summed E-state index contributed by atoms with van der Waals surface area (Å²) in [6, 6.07) is 11.2. The van der Waals surface area contributed by atoms with Crippen LogP contribution in [0.5, 0.6) is 0 Å². The standard InChI is InChI=1S/C18H14BrCl2N3O3/c1-18(10-5-2-3-6-11(10)19)16(26)24(17(27)23-18)9-14(25)22-15-12(20)7-4-8-13(15)21/h2-8H,9H2,1H3,(H,22,25)(H,23,27). The zero-order valence-corrected chi connectivity index (χ0v) is 17.2. The Morgan fingerprint density at radius 1 is 1.15 bits per heavy atom. The van der Waals surface area contributed by atoms with Gasteiger partial charge in [0, 0.05) is 10.0 Å². The Labute approximate surface area is 173 Å². The normalized spacial score (nSPS) is 19.2. The number of benzene rings is 2. The van der Waals surface area contributed by atoms with Crippen molar-refractivity contribution in [3.05, 3.63) is 62.5 Å². The van der Waals surface area contributed by atoms with Crippen LogP contribution in [-0.2, 0) is 15.1 Å². The zero-order valence-electron chi connectivity index (χ0n) is 14.1. The number of rotatable bonds is 4. The highest BCUT2D eigenvalue weighted by molar-refractivity contribution is 9.10. The van der Waals surface area contributed by atoms with Gasteiger partial charge in [0.05, 0.1) is 15.7 Å². The van der Waals surface area contributed by atoms with E-state index in [2.05, 4.69) is 26.6 Å². The number of anilines is 1. The average Bonchev–Trinajstić information content (AvgIpc) is 2.82. The molecule has 1 fully saturated rings. The lowest BCUT2D eigenvalue weighted by molar-refractivity contribution is -0.133. The van der Waals surface area contributed by atoms with Gasteiger partial charge in [-0.05, 0) is 25.1 Å². The highest BCUT2D eigenvalue weighted by Gasteiger charge is 2.50. The van der Waals surface area contributed by atoms with Gasteiger partial charge in [0.15, 0.2) is 0 Å². The average molecular weight is 471 g/mol. The van der Waals surface area contributed by atoms with Crippen molar-refractivity contribution in [1.29, 1.82) is 0 Å². The molecule has 1 unspecified atom stereocenters. The Kier molecular flexibility index (Phi) is 5.46. The molecule has 0 aromatic heterocycles. The second-order valence-corrected chi connectivity index (χ2v) is 7.74. The van der Waals surface area contributed by atoms with Crippen LogP contribution in [0, 0.1) is 0 Å². The number of carbonyl (C=O) groups excluding carboxylic acids is 3. The smallest absolute Gasteiger partial charge is 0.322 e. The number of amides is 4. The van der Waals surface area contributed by atoms with E-state index in [0.29, 0.717) is 10.0 Å². The molecule has 4 amide bonds. The Bertz CT molecular complexity index is 933. The molecule has 1 aliphatic heterocycles. The fourth-order valence-electron chi connectivity index (χ4n) is 2.83. The molecule has 140 valence electrons. The van der Waals surface area contributed by atoms with Crippen LogP contribution in [0.15, 0.2) is 46.9 Å². The molecule has 2 aromatic rings. The molecule has 1 aliphatic rings. The Hall–Kier alpha value is -2.09. The molecule has 3 rings (SSSR count). The van der Waals surface area contributed by atoms with E-state index in [-0.39, 0.29) is 15.7 Å². The number of nitrogens with zero attached hydrogens (tertiary/aromatic N) is 1. The minimum atomic E-state index is -1.28. The van der Waals surface area contributed by atoms with E-state index in [9.17, 15) is 14.4 Å². The lowest BCUT2D eigenvalue weighted by atomic mass is 9.92. The second kappa shape index (κ2) is 7.50. The number of halogens is 3. The van der Waals surface area contributed by atoms with Crippen LogP contribution in [0.3, 0.4) is 0 Å². The number of nitrogens with one attached hydrogen (secondary N) is 2. The fourth-order valence-corrected chi connectivity index (χ4v) is 4.00. The van der Waals surface area contributed by atoms with E-state index in [4.69, 9.17) is 23.2 Å². The molecule has 0 bridgehead atoms. The van der Waals surface area contributed by atoms with Crippen molar-refractivity contribution in [2.75, 3.05) is 11.9 Å². The third kappa shape index (κ3) is 3.67. The minimum absolute atomic E-state index is 0.228. The monoisotopic (exact) mass is 469 g/mol. The lowest BCUT2D eigenvalue weighted by Crippen LogP contribution is -2.42. The summed E-state index contributed by atoms with van der Waals surface area (Å²) in [7, 11) is 0. The van der Waals surface area contributed by atoms with Crippen LogP contribution in [0.4, 0.5) is 10.5 Å². The summed E-state index contributed by atoms with van der Waals surface area (Å²) in [6.07, 6.45) is 0. The fraction of sp³-hybridized carbons (Fsp3) is 0.167. The number of urea groups is 1. The topological polar surface area (TPSA) is 78.5 Å². The highest BCUT2D eigenvalue weighted by atomic mass is 79.9. The maximum atomic E-state index is 12.9. The number of hydrogen-bond acceptors (Lipinski definition) is 3. The molecular weight excluding hydrogens is 457 g/mol. The quantitative estimate of drug-likeness (QED) is 0.658. The molecular formula is C18H14BrCl2N3O3. The van der Waals surface area contributed by atoms with Gasteiger partial charge in [0.1, 0.15) is 12.1 Å². The van der Waals surface area contributed by atoms with Crippen LogP contribution >= 0.6 is 39.1 Å². The van der Waals surface area contributed by atoms with E-state index in [1.54, 1.807) is 49.4 Å². The van der Waals surface area contributed by atoms with Crippen molar-refractivity contribution in [2.45, 2.75) is 12.5 Å². The third-order valence-electron chi connectivity index (χ3n) is 4.22. The van der Waals surface area contributed by atoms with Crippen molar-refractivity contribution >= 4 is 62.7 Å². The first-order valence-electron chi connectivity index (χ1n) is 7.87. The number of imide groups is 1. The van der Waals surface area contributed by atoms with Crippen LogP contribution in [0.1, 0.15) is 12.5 Å². The highest BCUT2D eigenvalue weighted by Crippen LogP contribution is 2.34. The summed E-state index contributed by atoms with van der Waals surface area (Å²) in [5, 5.41) is 5.70. The van der Waals surface area contributed by atoms with Crippen molar-refractivity contribution in [3.8, 4) is 0 Å². The maximum Gasteiger partial charge on any atom is 0.325 e. The Morgan fingerprint density at radius 2 is 1.78 bits per heavy atom. The summed E-state index contributed by atoms with van der Waals surface area (Å²) in [6.45, 7) is 1.13. The molecule has 1 heterocycles. The molecule has 2 aromatic carbocycles. The van der Waals surface area contributed by atoms with Gasteiger partial charge in [-0.3, -0.25) is 14.5 Å². The zero-order chi connectivity index (χ0) is 19.8. The van der Waals surface area contributed by atoms with Gasteiger partial charge in [-0.2, -0.15) is 0 Å². The van der Waals surface area contributed by atoms with Gasteiger partial charge in [-0.1, -0.05) is 63.4 Å².